The molecule has 0 heterocycles. The molecule has 1 heteroatoms. The van der Waals surface area contributed by atoms with Crippen molar-refractivity contribution < 1.29 is 0 Å². The van der Waals surface area contributed by atoms with E-state index >= 15 is 0 Å². The Balaban J connectivity index is 1.63. The van der Waals surface area contributed by atoms with E-state index in [1.165, 1.54) is 11.1 Å². The second kappa shape index (κ2) is 11.3. The molecule has 0 aliphatic rings. The summed E-state index contributed by atoms with van der Waals surface area (Å²) in [5.41, 5.74) is 3.81. The van der Waals surface area contributed by atoms with Crippen LogP contribution in [0, 0.1) is 17.8 Å². The molecular weight excluding hydrogens is 404 g/mol. The average Bonchev–Trinajstić information content (AvgIpc) is 2.75. The fourth-order valence-corrected chi connectivity index (χ4v) is 3.31. The zero-order valence-corrected chi connectivity index (χ0v) is 17.6. The van der Waals surface area contributed by atoms with Crippen molar-refractivity contribution in [1.29, 1.82) is 0 Å². The summed E-state index contributed by atoms with van der Waals surface area (Å²) < 4.78 is 1.08. The van der Waals surface area contributed by atoms with Crippen molar-refractivity contribution in [2.75, 3.05) is 0 Å². The van der Waals surface area contributed by atoms with Gasteiger partial charge in [0.15, 0.2) is 0 Å². The summed E-state index contributed by atoms with van der Waals surface area (Å²) >= 11 is 3.48. The molecule has 0 radical (unpaired) electrons. The molecule has 0 aliphatic heterocycles. The summed E-state index contributed by atoms with van der Waals surface area (Å²) in [5, 5.41) is 0. The second-order valence-corrected chi connectivity index (χ2v) is 7.78. The van der Waals surface area contributed by atoms with Crippen LogP contribution in [0.25, 0.3) is 0 Å². The van der Waals surface area contributed by atoms with Gasteiger partial charge >= 0.3 is 0 Å². The fraction of sp³-hybridized carbons (Fsp3) is 0.185. The Morgan fingerprint density at radius 1 is 0.750 bits per heavy atom. The number of halogens is 1. The molecule has 0 saturated carbocycles. The van der Waals surface area contributed by atoms with Crippen molar-refractivity contribution in [3.63, 3.8) is 0 Å². The Kier molecular flexibility index (Phi) is 8.16. The molecule has 28 heavy (non-hydrogen) atoms. The van der Waals surface area contributed by atoms with Crippen LogP contribution in [0.3, 0.4) is 0 Å². The Morgan fingerprint density at radius 2 is 1.36 bits per heavy atom. The van der Waals surface area contributed by atoms with E-state index in [2.05, 4.69) is 113 Å². The standard InChI is InChI=1S/C27H25Br/c28-27-21-19-26(20-22-27)18-17-25(16-15-24-11-5-2-6-12-24)14-8-7-13-23-9-3-1-4-10-23/h1-6,8-12,14,19-22,25H,7,13,15-16H2/b14-8+/t25-/m0/s1. The molecule has 0 saturated heterocycles. The zero-order chi connectivity index (χ0) is 19.4. The molecular formula is C27H25Br. The first-order valence-corrected chi connectivity index (χ1v) is 10.6. The number of benzene rings is 3. The lowest BCUT2D eigenvalue weighted by molar-refractivity contribution is 0.724. The highest BCUT2D eigenvalue weighted by molar-refractivity contribution is 9.10. The van der Waals surface area contributed by atoms with E-state index in [0.29, 0.717) is 0 Å². The first-order chi connectivity index (χ1) is 13.8. The van der Waals surface area contributed by atoms with Gasteiger partial charge in [-0.2, -0.15) is 0 Å². The van der Waals surface area contributed by atoms with Crippen molar-refractivity contribution in [1.82, 2.24) is 0 Å². The molecule has 3 aromatic rings. The predicted octanol–water partition coefficient (Wildman–Crippen LogP) is 7.24. The third-order valence-corrected chi connectivity index (χ3v) is 5.17. The average molecular weight is 429 g/mol. The topological polar surface area (TPSA) is 0 Å². The van der Waals surface area contributed by atoms with Gasteiger partial charge in [0.05, 0.1) is 0 Å². The molecule has 0 unspecified atom stereocenters. The summed E-state index contributed by atoms with van der Waals surface area (Å²) in [6.07, 6.45) is 8.78. The summed E-state index contributed by atoms with van der Waals surface area (Å²) in [6, 6.07) is 29.5. The Morgan fingerprint density at radius 3 is 2.00 bits per heavy atom. The summed E-state index contributed by atoms with van der Waals surface area (Å²) in [6.45, 7) is 0. The number of allylic oxidation sites excluding steroid dienone is 2. The normalized spacial score (nSPS) is 11.8. The van der Waals surface area contributed by atoms with Gasteiger partial charge in [-0.05, 0) is 61.1 Å². The maximum atomic E-state index is 3.48. The molecule has 0 N–H and O–H groups in total. The van der Waals surface area contributed by atoms with Crippen LogP contribution in [0.15, 0.2) is 102 Å². The van der Waals surface area contributed by atoms with Crippen LogP contribution in [-0.4, -0.2) is 0 Å². The summed E-state index contributed by atoms with van der Waals surface area (Å²) in [5.74, 6) is 7.08. The van der Waals surface area contributed by atoms with Crippen LogP contribution in [0.1, 0.15) is 29.5 Å². The van der Waals surface area contributed by atoms with Crippen molar-refractivity contribution in [3.05, 3.63) is 118 Å². The monoisotopic (exact) mass is 428 g/mol. The maximum Gasteiger partial charge on any atom is 0.0389 e. The lowest BCUT2D eigenvalue weighted by Gasteiger charge is -2.06. The minimum atomic E-state index is 0.264. The molecule has 3 aromatic carbocycles. The third kappa shape index (κ3) is 7.22. The highest BCUT2D eigenvalue weighted by atomic mass is 79.9. The zero-order valence-electron chi connectivity index (χ0n) is 16.0. The Hall–Kier alpha value is -2.56. The van der Waals surface area contributed by atoms with Crippen molar-refractivity contribution in [2.45, 2.75) is 25.7 Å². The molecule has 1 atom stereocenters. The molecule has 0 amide bonds. The third-order valence-electron chi connectivity index (χ3n) is 4.64. The summed E-state index contributed by atoms with van der Waals surface area (Å²) in [7, 11) is 0. The Labute approximate surface area is 177 Å². The maximum absolute atomic E-state index is 3.48. The van der Waals surface area contributed by atoms with Gasteiger partial charge in [-0.15, -0.1) is 0 Å². The lowest BCUT2D eigenvalue weighted by Crippen LogP contribution is -1.97. The molecule has 0 spiro atoms. The molecule has 0 aliphatic carbocycles. The van der Waals surface area contributed by atoms with E-state index in [-0.39, 0.29) is 5.92 Å². The van der Waals surface area contributed by atoms with Crippen LogP contribution in [-0.2, 0) is 12.8 Å². The van der Waals surface area contributed by atoms with Gasteiger partial charge in [0.25, 0.3) is 0 Å². The van der Waals surface area contributed by atoms with Gasteiger partial charge in [0, 0.05) is 16.0 Å². The number of hydrogen-bond donors (Lipinski definition) is 0. The molecule has 0 bridgehead atoms. The minimum absolute atomic E-state index is 0.264. The first-order valence-electron chi connectivity index (χ1n) is 9.81. The van der Waals surface area contributed by atoms with Gasteiger partial charge in [0.1, 0.15) is 0 Å². The quantitative estimate of drug-likeness (QED) is 0.274. The smallest absolute Gasteiger partial charge is 0.0389 e. The van der Waals surface area contributed by atoms with Crippen LogP contribution in [0.4, 0.5) is 0 Å². The largest absolute Gasteiger partial charge is 0.0903 e. The molecule has 140 valence electrons. The second-order valence-electron chi connectivity index (χ2n) is 6.86. The van der Waals surface area contributed by atoms with Crippen molar-refractivity contribution >= 4 is 15.9 Å². The molecule has 0 aromatic heterocycles. The predicted molar refractivity (Wildman–Crippen MR) is 123 cm³/mol. The number of rotatable bonds is 7. The van der Waals surface area contributed by atoms with Crippen molar-refractivity contribution in [3.8, 4) is 11.8 Å². The van der Waals surface area contributed by atoms with E-state index < -0.39 is 0 Å². The molecule has 3 rings (SSSR count). The van der Waals surface area contributed by atoms with Gasteiger partial charge in [-0.1, -0.05) is 101 Å². The van der Waals surface area contributed by atoms with Gasteiger partial charge in [0.2, 0.25) is 0 Å². The number of aryl methyl sites for hydroxylation is 2. The van der Waals surface area contributed by atoms with Crippen LogP contribution in [0.5, 0.6) is 0 Å². The SMILES string of the molecule is Brc1ccc(C#C[C@@H](/C=C/CCc2ccccc2)CCc2ccccc2)cc1. The van der Waals surface area contributed by atoms with E-state index in [0.717, 1.165) is 35.7 Å². The highest BCUT2D eigenvalue weighted by Crippen LogP contribution is 2.14. The highest BCUT2D eigenvalue weighted by Gasteiger charge is 2.02. The van der Waals surface area contributed by atoms with Crippen LogP contribution >= 0.6 is 15.9 Å². The van der Waals surface area contributed by atoms with E-state index in [1.54, 1.807) is 0 Å². The minimum Gasteiger partial charge on any atom is -0.0903 e. The fourth-order valence-electron chi connectivity index (χ4n) is 3.05. The lowest BCUT2D eigenvalue weighted by atomic mass is 9.98. The Bertz CT molecular complexity index is 913. The first kappa shape index (κ1) is 20.2. The molecule has 0 nitrogen and oxygen atoms in total. The number of hydrogen-bond acceptors (Lipinski definition) is 0. The van der Waals surface area contributed by atoms with Crippen LogP contribution in [0.2, 0.25) is 0 Å². The van der Waals surface area contributed by atoms with Crippen LogP contribution < -0.4 is 0 Å². The van der Waals surface area contributed by atoms with Crippen molar-refractivity contribution in [2.24, 2.45) is 5.92 Å². The molecule has 0 fully saturated rings. The van der Waals surface area contributed by atoms with E-state index in [4.69, 9.17) is 0 Å². The van der Waals surface area contributed by atoms with Gasteiger partial charge < -0.3 is 0 Å². The van der Waals surface area contributed by atoms with E-state index in [1.807, 2.05) is 12.1 Å². The van der Waals surface area contributed by atoms with Gasteiger partial charge in [-0.25, -0.2) is 0 Å². The summed E-state index contributed by atoms with van der Waals surface area (Å²) in [4.78, 5) is 0. The van der Waals surface area contributed by atoms with E-state index in [9.17, 15) is 0 Å². The van der Waals surface area contributed by atoms with Gasteiger partial charge in [-0.3, -0.25) is 0 Å².